The second kappa shape index (κ2) is 6.07. The first kappa shape index (κ1) is 14.8. The molecule has 0 N–H and O–H groups in total. The summed E-state index contributed by atoms with van der Waals surface area (Å²) < 4.78 is 5.34. The number of rotatable bonds is 3. The number of aliphatic carboxylic acids is 1. The van der Waals surface area contributed by atoms with E-state index >= 15 is 0 Å². The van der Waals surface area contributed by atoms with E-state index in [1.807, 2.05) is 20.8 Å². The highest BCUT2D eigenvalue weighted by Crippen LogP contribution is 2.23. The Morgan fingerprint density at radius 1 is 1.33 bits per heavy atom. The fourth-order valence-electron chi connectivity index (χ4n) is 2.15. The molecule has 0 unspecified atom stereocenters. The average molecular weight is 256 g/mol. The standard InChI is InChI=1S/C13H23NO4/c1-13(2,3)18-12(17)14-9-5-4-6-10(14)7-8-11(15)16/h10H,4-9H2,1-3H3,(H,15,16)/p-1/t10-/m1/s1. The van der Waals surface area contributed by atoms with Crippen molar-refractivity contribution in [2.75, 3.05) is 6.54 Å². The van der Waals surface area contributed by atoms with Crippen LogP contribution in [0.4, 0.5) is 4.79 Å². The van der Waals surface area contributed by atoms with Gasteiger partial charge < -0.3 is 19.5 Å². The average Bonchev–Trinajstić information content (AvgIpc) is 2.24. The smallest absolute Gasteiger partial charge is 0.410 e. The number of nitrogens with zero attached hydrogens (tertiary/aromatic N) is 1. The van der Waals surface area contributed by atoms with Crippen molar-refractivity contribution < 1.29 is 19.4 Å². The van der Waals surface area contributed by atoms with Crippen LogP contribution in [-0.4, -0.2) is 35.2 Å². The van der Waals surface area contributed by atoms with Crippen LogP contribution in [0.2, 0.25) is 0 Å². The molecule has 5 heteroatoms. The summed E-state index contributed by atoms with van der Waals surface area (Å²) in [5.41, 5.74) is -0.520. The van der Waals surface area contributed by atoms with Crippen LogP contribution in [0.25, 0.3) is 0 Å². The van der Waals surface area contributed by atoms with Gasteiger partial charge in [0.2, 0.25) is 0 Å². The maximum absolute atomic E-state index is 12.0. The van der Waals surface area contributed by atoms with Crippen LogP contribution in [-0.2, 0) is 9.53 Å². The van der Waals surface area contributed by atoms with Gasteiger partial charge in [0.15, 0.2) is 0 Å². The third-order valence-electron chi connectivity index (χ3n) is 2.94. The van der Waals surface area contributed by atoms with Crippen LogP contribution < -0.4 is 5.11 Å². The van der Waals surface area contributed by atoms with Gasteiger partial charge in [-0.05, 0) is 52.9 Å². The monoisotopic (exact) mass is 256 g/mol. The molecule has 104 valence electrons. The van der Waals surface area contributed by atoms with Crippen molar-refractivity contribution in [2.45, 2.75) is 64.5 Å². The predicted molar refractivity (Wildman–Crippen MR) is 64.8 cm³/mol. The Morgan fingerprint density at radius 2 is 2.00 bits per heavy atom. The van der Waals surface area contributed by atoms with Crippen molar-refractivity contribution >= 4 is 12.1 Å². The van der Waals surface area contributed by atoms with Gasteiger partial charge in [0, 0.05) is 18.6 Å². The number of carboxylic acids is 1. The van der Waals surface area contributed by atoms with Crippen molar-refractivity contribution in [2.24, 2.45) is 0 Å². The Labute approximate surface area is 108 Å². The minimum absolute atomic E-state index is 0.00996. The number of ether oxygens (including phenoxy) is 1. The molecule has 0 aromatic rings. The van der Waals surface area contributed by atoms with Crippen LogP contribution in [0.5, 0.6) is 0 Å². The lowest BCUT2D eigenvalue weighted by molar-refractivity contribution is -0.306. The van der Waals surface area contributed by atoms with Crippen molar-refractivity contribution in [3.63, 3.8) is 0 Å². The molecule has 1 rings (SSSR count). The van der Waals surface area contributed by atoms with Gasteiger partial charge in [-0.15, -0.1) is 0 Å². The zero-order chi connectivity index (χ0) is 13.8. The van der Waals surface area contributed by atoms with E-state index in [0.29, 0.717) is 13.0 Å². The summed E-state index contributed by atoms with van der Waals surface area (Å²) >= 11 is 0. The third kappa shape index (κ3) is 4.94. The molecule has 0 aromatic heterocycles. The van der Waals surface area contributed by atoms with Crippen LogP contribution in [0, 0.1) is 0 Å². The fraction of sp³-hybridized carbons (Fsp3) is 0.846. The summed E-state index contributed by atoms with van der Waals surface area (Å²) in [5, 5.41) is 10.5. The Kier molecular flexibility index (Phi) is 4.99. The number of carbonyl (C=O) groups is 2. The maximum atomic E-state index is 12.0. The highest BCUT2D eigenvalue weighted by Gasteiger charge is 2.29. The van der Waals surface area contributed by atoms with Crippen molar-refractivity contribution in [3.8, 4) is 0 Å². The number of carboxylic acid groups (broad SMARTS) is 1. The summed E-state index contributed by atoms with van der Waals surface area (Å²) in [4.78, 5) is 24.2. The maximum Gasteiger partial charge on any atom is 0.410 e. The van der Waals surface area contributed by atoms with E-state index in [0.717, 1.165) is 19.3 Å². The SMILES string of the molecule is CC(C)(C)OC(=O)N1CCCC[C@@H]1CCC(=O)[O-]. The van der Waals surface area contributed by atoms with Gasteiger partial charge in [0.1, 0.15) is 5.60 Å². The highest BCUT2D eigenvalue weighted by atomic mass is 16.6. The topological polar surface area (TPSA) is 69.7 Å². The Hall–Kier alpha value is -1.26. The summed E-state index contributed by atoms with van der Waals surface area (Å²) in [6.07, 6.45) is 2.90. The van der Waals surface area contributed by atoms with Crippen LogP contribution in [0.1, 0.15) is 52.9 Å². The second-order valence-electron chi connectivity index (χ2n) is 5.73. The van der Waals surface area contributed by atoms with Gasteiger partial charge >= 0.3 is 6.09 Å². The molecule has 18 heavy (non-hydrogen) atoms. The zero-order valence-electron chi connectivity index (χ0n) is 11.4. The van der Waals surface area contributed by atoms with E-state index in [4.69, 9.17) is 4.74 Å². The minimum Gasteiger partial charge on any atom is -0.550 e. The molecule has 1 amide bonds. The van der Waals surface area contributed by atoms with E-state index in [2.05, 4.69) is 0 Å². The number of likely N-dealkylation sites (tertiary alicyclic amines) is 1. The first-order valence-corrected chi connectivity index (χ1v) is 6.49. The lowest BCUT2D eigenvalue weighted by atomic mass is 9.98. The molecule has 0 aliphatic carbocycles. The second-order valence-corrected chi connectivity index (χ2v) is 5.73. The first-order valence-electron chi connectivity index (χ1n) is 6.49. The molecule has 0 spiro atoms. The van der Waals surface area contributed by atoms with E-state index in [9.17, 15) is 14.7 Å². The summed E-state index contributed by atoms with van der Waals surface area (Å²) in [6.45, 7) is 6.12. The largest absolute Gasteiger partial charge is 0.550 e. The van der Waals surface area contributed by atoms with Crippen molar-refractivity contribution in [3.05, 3.63) is 0 Å². The summed E-state index contributed by atoms with van der Waals surface area (Å²) in [5.74, 6) is -1.07. The van der Waals surface area contributed by atoms with Crippen LogP contribution in [0.15, 0.2) is 0 Å². The van der Waals surface area contributed by atoms with Gasteiger partial charge in [-0.3, -0.25) is 0 Å². The van der Waals surface area contributed by atoms with E-state index in [-0.39, 0.29) is 18.6 Å². The highest BCUT2D eigenvalue weighted by molar-refractivity contribution is 5.69. The van der Waals surface area contributed by atoms with Gasteiger partial charge in [0.05, 0.1) is 0 Å². The van der Waals surface area contributed by atoms with Gasteiger partial charge in [-0.1, -0.05) is 0 Å². The normalized spacial score (nSPS) is 20.6. The molecule has 1 saturated heterocycles. The molecule has 5 nitrogen and oxygen atoms in total. The van der Waals surface area contributed by atoms with E-state index < -0.39 is 11.6 Å². The quantitative estimate of drug-likeness (QED) is 0.763. The summed E-state index contributed by atoms with van der Waals surface area (Å²) in [7, 11) is 0. The Bertz CT molecular complexity index is 309. The number of hydrogen-bond donors (Lipinski definition) is 0. The molecule has 1 aliphatic rings. The van der Waals surface area contributed by atoms with Crippen LogP contribution >= 0.6 is 0 Å². The first-order chi connectivity index (χ1) is 8.29. The van der Waals surface area contributed by atoms with E-state index in [1.54, 1.807) is 4.90 Å². The third-order valence-corrected chi connectivity index (χ3v) is 2.94. The molecular weight excluding hydrogens is 234 g/mol. The fourth-order valence-corrected chi connectivity index (χ4v) is 2.15. The van der Waals surface area contributed by atoms with Crippen LogP contribution in [0.3, 0.4) is 0 Å². The van der Waals surface area contributed by atoms with Gasteiger partial charge in [-0.2, -0.15) is 0 Å². The summed E-state index contributed by atoms with van der Waals surface area (Å²) in [6, 6.07) is -0.0356. The number of carbonyl (C=O) groups excluding carboxylic acids is 2. The molecule has 0 aromatic carbocycles. The molecular formula is C13H22NO4-. The number of amides is 1. The number of hydrogen-bond acceptors (Lipinski definition) is 4. The zero-order valence-corrected chi connectivity index (χ0v) is 11.4. The lowest BCUT2D eigenvalue weighted by Crippen LogP contribution is -2.46. The number of piperidine rings is 1. The van der Waals surface area contributed by atoms with Crippen molar-refractivity contribution in [1.82, 2.24) is 4.90 Å². The molecule has 1 atom stereocenters. The Balaban J connectivity index is 2.58. The molecule has 1 aliphatic heterocycles. The molecule has 0 radical (unpaired) electrons. The molecule has 0 bridgehead atoms. The molecule has 1 fully saturated rings. The molecule has 0 saturated carbocycles. The van der Waals surface area contributed by atoms with Crippen molar-refractivity contribution in [1.29, 1.82) is 0 Å². The Morgan fingerprint density at radius 3 is 2.56 bits per heavy atom. The van der Waals surface area contributed by atoms with Gasteiger partial charge in [0.25, 0.3) is 0 Å². The minimum atomic E-state index is -1.07. The predicted octanol–water partition coefficient (Wildman–Crippen LogP) is 1.31. The van der Waals surface area contributed by atoms with E-state index in [1.165, 1.54) is 0 Å². The molecule has 1 heterocycles. The van der Waals surface area contributed by atoms with Gasteiger partial charge in [-0.25, -0.2) is 4.79 Å². The lowest BCUT2D eigenvalue weighted by Gasteiger charge is -2.36.